The van der Waals surface area contributed by atoms with E-state index >= 15 is 0 Å². The zero-order valence-electron chi connectivity index (χ0n) is 8.21. The van der Waals surface area contributed by atoms with Gasteiger partial charge in [0.05, 0.1) is 0 Å². The Morgan fingerprint density at radius 2 is 2.08 bits per heavy atom. The molecule has 0 amide bonds. The van der Waals surface area contributed by atoms with Crippen molar-refractivity contribution in [2.45, 2.75) is 31.1 Å². The van der Waals surface area contributed by atoms with Gasteiger partial charge in [-0.05, 0) is 0 Å². The van der Waals surface area contributed by atoms with Crippen LogP contribution in [-0.2, 0) is 6.15 Å². The molecular formula is C8H20O2Sn2. The summed E-state index contributed by atoms with van der Waals surface area (Å²) in [6, 6.07) is 0. The van der Waals surface area contributed by atoms with Gasteiger partial charge in [-0.3, -0.25) is 0 Å². The number of hydrogen-bond donors (Lipinski definition) is 0. The molecule has 2 nitrogen and oxygen atoms in total. The molecular weight excluding hydrogens is 366 g/mol. The molecule has 0 aliphatic carbocycles. The molecule has 0 aromatic carbocycles. The summed E-state index contributed by atoms with van der Waals surface area (Å²) in [4.78, 5) is 0. The molecule has 72 valence electrons. The first-order chi connectivity index (χ1) is 5.77. The molecule has 0 aliphatic rings. The third-order valence-electron chi connectivity index (χ3n) is 1.54. The van der Waals surface area contributed by atoms with Crippen molar-refractivity contribution in [2.75, 3.05) is 13.2 Å². The van der Waals surface area contributed by atoms with Crippen molar-refractivity contribution in [3.05, 3.63) is 0 Å². The zero-order valence-corrected chi connectivity index (χ0v) is 15.5. The normalized spacial score (nSPS) is 11.0. The summed E-state index contributed by atoms with van der Waals surface area (Å²) >= 11 is 0.0676. The molecule has 0 rings (SSSR count). The fourth-order valence-electron chi connectivity index (χ4n) is 0.739. The third kappa shape index (κ3) is 11.5. The Hall–Kier alpha value is 1.52. The first-order valence-corrected chi connectivity index (χ1v) is 9.90. The molecule has 0 aromatic heterocycles. The Kier molecular flexibility index (Phi) is 11.9. The van der Waals surface area contributed by atoms with Crippen LogP contribution in [0, 0.1) is 5.92 Å². The number of rotatable bonds is 8. The van der Waals surface area contributed by atoms with Crippen molar-refractivity contribution in [3.63, 3.8) is 0 Å². The Morgan fingerprint density at radius 1 is 1.33 bits per heavy atom. The minimum atomic E-state index is -0.624. The van der Waals surface area contributed by atoms with Crippen LogP contribution in [0.2, 0.25) is 4.44 Å². The summed E-state index contributed by atoms with van der Waals surface area (Å²) in [7, 11) is 0. The van der Waals surface area contributed by atoms with Crippen LogP contribution in [0.4, 0.5) is 0 Å². The summed E-state index contributed by atoms with van der Waals surface area (Å²) in [5.74, 6) is 0.791. The predicted molar refractivity (Wildman–Crippen MR) is 56.5 cm³/mol. The van der Waals surface area contributed by atoms with Crippen LogP contribution in [0.5, 0.6) is 0 Å². The standard InChI is InChI=1S/C5H11O.C3H6O.2Sn.3H/c1-5(2)3-4-6;1-2-3-4;;;;;/h5H,3-4H2,1-2H3;1-3H2;;;;;/q2*-1;2*+1;;;. The van der Waals surface area contributed by atoms with E-state index in [1.807, 2.05) is 0 Å². The monoisotopic (exact) mass is 388 g/mol. The Morgan fingerprint density at radius 3 is 2.67 bits per heavy atom. The third-order valence-corrected chi connectivity index (χ3v) is 5.55. The molecule has 2 radical (unpaired) electrons. The van der Waals surface area contributed by atoms with Gasteiger partial charge in [-0.2, -0.15) is 0 Å². The van der Waals surface area contributed by atoms with E-state index in [2.05, 4.69) is 13.8 Å². The van der Waals surface area contributed by atoms with Crippen LogP contribution >= 0.6 is 0 Å². The van der Waals surface area contributed by atoms with Gasteiger partial charge in [0.15, 0.2) is 0 Å². The zero-order chi connectivity index (χ0) is 9.23. The van der Waals surface area contributed by atoms with Crippen molar-refractivity contribution in [3.8, 4) is 0 Å². The summed E-state index contributed by atoms with van der Waals surface area (Å²) in [6.07, 6.45) is 2.46. The van der Waals surface area contributed by atoms with Crippen LogP contribution in [0.15, 0.2) is 0 Å². The molecule has 0 spiro atoms. The van der Waals surface area contributed by atoms with Crippen LogP contribution in [0.1, 0.15) is 26.7 Å². The van der Waals surface area contributed by atoms with Gasteiger partial charge in [-0.15, -0.1) is 0 Å². The van der Waals surface area contributed by atoms with E-state index in [9.17, 15) is 0 Å². The topological polar surface area (TPSA) is 18.5 Å². The summed E-state index contributed by atoms with van der Waals surface area (Å²) < 4.78 is 12.1. The van der Waals surface area contributed by atoms with Crippen molar-refractivity contribution < 1.29 is 6.15 Å². The van der Waals surface area contributed by atoms with Crippen molar-refractivity contribution in [2.24, 2.45) is 5.92 Å². The van der Waals surface area contributed by atoms with E-state index in [1.165, 1.54) is 17.3 Å². The maximum absolute atomic E-state index is 5.64. The van der Waals surface area contributed by atoms with Crippen LogP contribution < -0.4 is 0 Å². The molecule has 0 atom stereocenters. The molecule has 4 heteroatoms. The summed E-state index contributed by atoms with van der Waals surface area (Å²) in [6.45, 7) is 6.47. The molecule has 0 fully saturated rings. The Labute approximate surface area is 100 Å². The fourth-order valence-corrected chi connectivity index (χ4v) is 3.61. The van der Waals surface area contributed by atoms with Gasteiger partial charge in [0.2, 0.25) is 0 Å². The van der Waals surface area contributed by atoms with Gasteiger partial charge in [0, 0.05) is 0 Å². The number of hydrogen-bond acceptors (Lipinski definition) is 2. The van der Waals surface area contributed by atoms with Gasteiger partial charge >= 0.3 is 101 Å². The molecule has 0 saturated carbocycles. The van der Waals surface area contributed by atoms with Crippen molar-refractivity contribution >= 4 is 44.5 Å². The molecule has 12 heavy (non-hydrogen) atoms. The van der Waals surface area contributed by atoms with Crippen molar-refractivity contribution in [1.82, 2.24) is 0 Å². The van der Waals surface area contributed by atoms with Crippen molar-refractivity contribution in [1.29, 1.82) is 0 Å². The van der Waals surface area contributed by atoms with Gasteiger partial charge in [-0.25, -0.2) is 0 Å². The second-order valence-corrected chi connectivity index (χ2v) is 7.99. The maximum atomic E-state index is 5.64. The second kappa shape index (κ2) is 10.6. The molecule has 0 heterocycles. The van der Waals surface area contributed by atoms with E-state index in [0.29, 0.717) is 22.9 Å². The molecule has 0 N–H and O–H groups in total. The van der Waals surface area contributed by atoms with Crippen LogP contribution in [-0.4, -0.2) is 57.7 Å². The van der Waals surface area contributed by atoms with Crippen LogP contribution in [0.3, 0.4) is 0 Å². The molecule has 0 aliphatic heterocycles. The van der Waals surface area contributed by atoms with Gasteiger partial charge in [-0.1, -0.05) is 0 Å². The van der Waals surface area contributed by atoms with E-state index in [-0.39, 0.29) is 0 Å². The molecule has 0 unspecified atom stereocenters. The van der Waals surface area contributed by atoms with Gasteiger partial charge < -0.3 is 0 Å². The molecule has 0 aromatic rings. The average Bonchev–Trinajstić information content (AvgIpc) is 2.02. The van der Waals surface area contributed by atoms with E-state index in [1.54, 1.807) is 0 Å². The summed E-state index contributed by atoms with van der Waals surface area (Å²) in [5.41, 5.74) is 0. The second-order valence-electron chi connectivity index (χ2n) is 3.27. The van der Waals surface area contributed by atoms with E-state index in [4.69, 9.17) is 6.15 Å². The SMILES string of the molecule is CC(C)CC[O][SnH][CH2]CC[O][SnH2]. The van der Waals surface area contributed by atoms with Crippen LogP contribution in [0.25, 0.3) is 0 Å². The average molecular weight is 386 g/mol. The minimum absolute atomic E-state index is 0.624. The first-order valence-electron chi connectivity index (χ1n) is 4.57. The first kappa shape index (κ1) is 13.5. The Bertz CT molecular complexity index is 89.1. The van der Waals surface area contributed by atoms with E-state index < -0.39 is 21.6 Å². The van der Waals surface area contributed by atoms with Gasteiger partial charge in [0.25, 0.3) is 0 Å². The van der Waals surface area contributed by atoms with Gasteiger partial charge in [0.1, 0.15) is 0 Å². The Balaban J connectivity index is 2.82. The predicted octanol–water partition coefficient (Wildman–Crippen LogP) is 0.774. The fraction of sp³-hybridized carbons (Fsp3) is 1.00. The molecule has 0 saturated heterocycles. The molecule has 0 bridgehead atoms. The quantitative estimate of drug-likeness (QED) is 0.454. The summed E-state index contributed by atoms with van der Waals surface area (Å²) in [5, 5.41) is 0. The van der Waals surface area contributed by atoms with E-state index in [0.717, 1.165) is 19.1 Å².